The van der Waals surface area contributed by atoms with E-state index in [9.17, 15) is 4.79 Å². The number of carbonyl (C=O) groups is 1. The number of benzene rings is 1. The average molecular weight is 361 g/mol. The lowest BCUT2D eigenvalue weighted by atomic mass is 10.2. The molecule has 1 fully saturated rings. The van der Waals surface area contributed by atoms with Gasteiger partial charge in [-0.3, -0.25) is 4.79 Å². The number of thiazole rings is 1. The van der Waals surface area contributed by atoms with E-state index in [2.05, 4.69) is 22.0 Å². The van der Waals surface area contributed by atoms with Crippen LogP contribution in [0.2, 0.25) is 0 Å². The van der Waals surface area contributed by atoms with Gasteiger partial charge in [-0.05, 0) is 31.2 Å². The lowest BCUT2D eigenvalue weighted by Gasteiger charge is -2.36. The molecule has 0 unspecified atom stereocenters. The largest absolute Gasteiger partial charge is 0.497 e. The van der Waals surface area contributed by atoms with Crippen molar-refractivity contribution in [1.82, 2.24) is 9.88 Å². The number of rotatable bonds is 5. The van der Waals surface area contributed by atoms with E-state index in [0.717, 1.165) is 40.1 Å². The number of hydrogen-bond donors (Lipinski definition) is 0. The van der Waals surface area contributed by atoms with Gasteiger partial charge in [-0.2, -0.15) is 0 Å². The van der Waals surface area contributed by atoms with Gasteiger partial charge < -0.3 is 19.3 Å². The number of ether oxygens (including phenoxy) is 2. The summed E-state index contributed by atoms with van der Waals surface area (Å²) in [5.41, 5.74) is 1.95. The Balaban J connectivity index is 1.62. The van der Waals surface area contributed by atoms with E-state index in [1.165, 1.54) is 11.3 Å². The van der Waals surface area contributed by atoms with Gasteiger partial charge in [0, 0.05) is 39.0 Å². The monoisotopic (exact) mass is 361 g/mol. The third-order valence-electron chi connectivity index (χ3n) is 4.31. The van der Waals surface area contributed by atoms with E-state index in [1.54, 1.807) is 14.2 Å². The van der Waals surface area contributed by atoms with E-state index in [0.29, 0.717) is 19.7 Å². The molecular weight excluding hydrogens is 338 g/mol. The fourth-order valence-electron chi connectivity index (χ4n) is 2.94. The van der Waals surface area contributed by atoms with Crippen LogP contribution in [0.3, 0.4) is 0 Å². The third-order valence-corrected chi connectivity index (χ3v) is 5.43. The first-order valence-corrected chi connectivity index (χ1v) is 9.07. The first-order chi connectivity index (χ1) is 12.1. The molecule has 1 saturated heterocycles. The van der Waals surface area contributed by atoms with Crippen LogP contribution in [0.4, 0.5) is 5.69 Å². The second kappa shape index (κ2) is 7.84. The first-order valence-electron chi connectivity index (χ1n) is 8.26. The number of carbonyl (C=O) groups excluding carboxylic acids is 1. The molecule has 0 radical (unpaired) electrons. The zero-order valence-corrected chi connectivity index (χ0v) is 15.6. The Bertz CT molecular complexity index is 722. The molecule has 0 bridgehead atoms. The average Bonchev–Trinajstić information content (AvgIpc) is 3.02. The summed E-state index contributed by atoms with van der Waals surface area (Å²) in [5.74, 6) is 0.928. The highest BCUT2D eigenvalue weighted by Gasteiger charge is 2.25. The second-order valence-electron chi connectivity index (χ2n) is 5.93. The van der Waals surface area contributed by atoms with Crippen LogP contribution in [-0.4, -0.2) is 56.2 Å². The molecule has 2 heterocycles. The lowest BCUT2D eigenvalue weighted by Crippen LogP contribution is -2.48. The minimum atomic E-state index is 0.0757. The van der Waals surface area contributed by atoms with Crippen LogP contribution in [0.25, 0.3) is 0 Å². The maximum absolute atomic E-state index is 12.8. The van der Waals surface area contributed by atoms with Gasteiger partial charge in [-0.1, -0.05) is 0 Å². The van der Waals surface area contributed by atoms with Crippen molar-refractivity contribution in [2.75, 3.05) is 45.3 Å². The highest BCUT2D eigenvalue weighted by Crippen LogP contribution is 2.23. The van der Waals surface area contributed by atoms with Crippen LogP contribution < -0.4 is 9.64 Å². The van der Waals surface area contributed by atoms with Crippen molar-refractivity contribution in [3.63, 3.8) is 0 Å². The van der Waals surface area contributed by atoms with Crippen molar-refractivity contribution in [2.24, 2.45) is 0 Å². The van der Waals surface area contributed by atoms with Gasteiger partial charge in [0.1, 0.15) is 15.6 Å². The summed E-state index contributed by atoms with van der Waals surface area (Å²) in [6.07, 6.45) is 0. The van der Waals surface area contributed by atoms with Crippen LogP contribution in [0, 0.1) is 6.92 Å². The molecule has 7 heteroatoms. The maximum atomic E-state index is 12.8. The standard InChI is InChI=1S/C18H23N3O3S/c1-13-17(25-16(19-13)12-23-2)18(22)21-10-8-20(9-11-21)14-4-6-15(24-3)7-5-14/h4-7H,8-12H2,1-3H3. The van der Waals surface area contributed by atoms with E-state index >= 15 is 0 Å². The molecule has 0 atom stereocenters. The molecule has 1 aromatic heterocycles. The normalized spacial score (nSPS) is 14.7. The van der Waals surface area contributed by atoms with Crippen molar-refractivity contribution >= 4 is 22.9 Å². The summed E-state index contributed by atoms with van der Waals surface area (Å²) >= 11 is 1.43. The molecule has 0 N–H and O–H groups in total. The molecule has 3 rings (SSSR count). The molecule has 0 spiro atoms. The van der Waals surface area contributed by atoms with E-state index in [4.69, 9.17) is 9.47 Å². The number of piperazine rings is 1. The van der Waals surface area contributed by atoms with Crippen molar-refractivity contribution in [3.05, 3.63) is 39.8 Å². The smallest absolute Gasteiger partial charge is 0.265 e. The zero-order valence-electron chi connectivity index (χ0n) is 14.8. The van der Waals surface area contributed by atoms with Gasteiger partial charge in [0.05, 0.1) is 19.4 Å². The van der Waals surface area contributed by atoms with Gasteiger partial charge in [0.2, 0.25) is 0 Å². The molecule has 134 valence electrons. The van der Waals surface area contributed by atoms with Crippen LogP contribution in [0.5, 0.6) is 5.75 Å². The minimum absolute atomic E-state index is 0.0757. The lowest BCUT2D eigenvalue weighted by molar-refractivity contribution is 0.0750. The van der Waals surface area contributed by atoms with Gasteiger partial charge in [-0.15, -0.1) is 11.3 Å². The summed E-state index contributed by atoms with van der Waals surface area (Å²) < 4.78 is 10.3. The highest BCUT2D eigenvalue weighted by molar-refractivity contribution is 7.13. The fourth-order valence-corrected chi connectivity index (χ4v) is 3.95. The number of anilines is 1. The van der Waals surface area contributed by atoms with Crippen LogP contribution >= 0.6 is 11.3 Å². The number of nitrogens with zero attached hydrogens (tertiary/aromatic N) is 3. The van der Waals surface area contributed by atoms with E-state index in [-0.39, 0.29) is 5.91 Å². The van der Waals surface area contributed by atoms with Crippen LogP contribution in [-0.2, 0) is 11.3 Å². The Morgan fingerprint density at radius 1 is 1.16 bits per heavy atom. The molecule has 6 nitrogen and oxygen atoms in total. The second-order valence-corrected chi connectivity index (χ2v) is 7.02. The Labute approximate surface area is 152 Å². The number of aryl methyl sites for hydroxylation is 1. The zero-order chi connectivity index (χ0) is 17.8. The van der Waals surface area contributed by atoms with E-state index < -0.39 is 0 Å². The number of aromatic nitrogens is 1. The van der Waals surface area contributed by atoms with Gasteiger partial charge >= 0.3 is 0 Å². The Hall–Kier alpha value is -2.12. The van der Waals surface area contributed by atoms with Crippen molar-refractivity contribution < 1.29 is 14.3 Å². The summed E-state index contributed by atoms with van der Waals surface area (Å²) in [7, 11) is 3.30. The Morgan fingerprint density at radius 3 is 2.44 bits per heavy atom. The number of hydrogen-bond acceptors (Lipinski definition) is 6. The van der Waals surface area contributed by atoms with Gasteiger partial charge in [-0.25, -0.2) is 4.98 Å². The molecule has 0 aliphatic carbocycles. The number of methoxy groups -OCH3 is 2. The topological polar surface area (TPSA) is 54.9 Å². The molecule has 25 heavy (non-hydrogen) atoms. The van der Waals surface area contributed by atoms with Crippen molar-refractivity contribution in [2.45, 2.75) is 13.5 Å². The first kappa shape index (κ1) is 17.7. The minimum Gasteiger partial charge on any atom is -0.497 e. The summed E-state index contributed by atoms with van der Waals surface area (Å²) in [6, 6.07) is 8.04. The number of amides is 1. The van der Waals surface area contributed by atoms with Crippen molar-refractivity contribution in [1.29, 1.82) is 0 Å². The quantitative estimate of drug-likeness (QED) is 0.819. The predicted octanol–water partition coefficient (Wildman–Crippen LogP) is 2.57. The highest BCUT2D eigenvalue weighted by atomic mass is 32.1. The van der Waals surface area contributed by atoms with Gasteiger partial charge in [0.25, 0.3) is 5.91 Å². The fraction of sp³-hybridized carbons (Fsp3) is 0.444. The molecule has 2 aromatic rings. The predicted molar refractivity (Wildman–Crippen MR) is 98.7 cm³/mol. The molecule has 1 aromatic carbocycles. The maximum Gasteiger partial charge on any atom is 0.265 e. The third kappa shape index (κ3) is 3.93. The van der Waals surface area contributed by atoms with E-state index in [1.807, 2.05) is 24.0 Å². The van der Waals surface area contributed by atoms with Gasteiger partial charge in [0.15, 0.2) is 0 Å². The SMILES string of the molecule is COCc1nc(C)c(C(=O)N2CCN(c3ccc(OC)cc3)CC2)s1. The molecule has 1 aliphatic rings. The summed E-state index contributed by atoms with van der Waals surface area (Å²) in [5, 5.41) is 0.847. The Kier molecular flexibility index (Phi) is 5.55. The molecule has 1 amide bonds. The summed E-state index contributed by atoms with van der Waals surface area (Å²) in [4.78, 5) is 22.1. The molecule has 0 saturated carbocycles. The Morgan fingerprint density at radius 2 is 1.84 bits per heavy atom. The van der Waals surface area contributed by atoms with Crippen molar-refractivity contribution in [3.8, 4) is 5.75 Å². The summed E-state index contributed by atoms with van der Waals surface area (Å²) in [6.45, 7) is 5.39. The van der Waals surface area contributed by atoms with Crippen LogP contribution in [0.1, 0.15) is 20.4 Å². The molecular formula is C18H23N3O3S. The molecule has 1 aliphatic heterocycles. The van der Waals surface area contributed by atoms with Crippen LogP contribution in [0.15, 0.2) is 24.3 Å².